The van der Waals surface area contributed by atoms with Crippen LogP contribution in [0.3, 0.4) is 0 Å². The van der Waals surface area contributed by atoms with Crippen LogP contribution in [0.5, 0.6) is 0 Å². The second-order valence-corrected chi connectivity index (χ2v) is 12.5. The number of benzene rings is 1. The molecule has 1 aliphatic carbocycles. The Labute approximate surface area is 224 Å². The minimum Gasteiger partial charge on any atom is -0.478 e. The highest BCUT2D eigenvalue weighted by atomic mass is 32.2. The number of carboxylic acid groups (broad SMARTS) is 2. The molecule has 3 aliphatic rings. The normalized spacial score (nSPS) is 23.4. The van der Waals surface area contributed by atoms with E-state index in [9.17, 15) is 36.0 Å². The molecular formula is C25H32F3N3O7S. The summed E-state index contributed by atoms with van der Waals surface area (Å²) in [5.41, 5.74) is 6.36. The van der Waals surface area contributed by atoms with Crippen LogP contribution in [-0.4, -0.2) is 82.6 Å². The van der Waals surface area contributed by atoms with Crippen LogP contribution in [0.15, 0.2) is 24.3 Å². The number of rotatable bonds is 9. The third kappa shape index (κ3) is 7.79. The molecule has 3 fully saturated rings. The van der Waals surface area contributed by atoms with Gasteiger partial charge in [-0.1, -0.05) is 0 Å². The number of nitrogens with two attached hydrogens (primary N) is 1. The molecule has 10 nitrogen and oxygen atoms in total. The zero-order valence-electron chi connectivity index (χ0n) is 21.3. The fourth-order valence-electron chi connectivity index (χ4n) is 5.24. The molecule has 0 radical (unpaired) electrons. The highest BCUT2D eigenvalue weighted by Crippen LogP contribution is 2.40. The van der Waals surface area contributed by atoms with Gasteiger partial charge in [0.15, 0.2) is 11.6 Å². The maximum Gasteiger partial charge on any atom is 0.328 e. The Hall–Kier alpha value is -2.97. The molecule has 1 aromatic rings. The predicted octanol–water partition coefficient (Wildman–Crippen LogP) is 1.88. The summed E-state index contributed by atoms with van der Waals surface area (Å²) in [6.45, 7) is -0.164. The fraction of sp³-hybridized carbons (Fsp3) is 0.560. The summed E-state index contributed by atoms with van der Waals surface area (Å²) in [7, 11) is -1.96. The van der Waals surface area contributed by atoms with Gasteiger partial charge in [0.1, 0.15) is 5.82 Å². The van der Waals surface area contributed by atoms with Crippen LogP contribution in [0.1, 0.15) is 44.1 Å². The lowest BCUT2D eigenvalue weighted by Crippen LogP contribution is -2.53. The Balaban J connectivity index is 0.000000459. The number of carboxylic acids is 2. The van der Waals surface area contributed by atoms with Crippen molar-refractivity contribution in [1.82, 2.24) is 9.21 Å². The summed E-state index contributed by atoms with van der Waals surface area (Å²) >= 11 is 0. The minimum atomic E-state index is -3.41. The quantitative estimate of drug-likeness (QED) is 0.297. The maximum absolute atomic E-state index is 14.0. The van der Waals surface area contributed by atoms with Gasteiger partial charge in [0.05, 0.1) is 11.8 Å². The molecule has 14 heteroatoms. The van der Waals surface area contributed by atoms with Gasteiger partial charge in [-0.15, -0.1) is 0 Å². The lowest BCUT2D eigenvalue weighted by Gasteiger charge is -2.41. The van der Waals surface area contributed by atoms with E-state index in [0.29, 0.717) is 43.9 Å². The zero-order valence-corrected chi connectivity index (χ0v) is 22.1. The summed E-state index contributed by atoms with van der Waals surface area (Å²) in [5.74, 6) is -5.84. The van der Waals surface area contributed by atoms with Gasteiger partial charge >= 0.3 is 11.9 Å². The summed E-state index contributed by atoms with van der Waals surface area (Å²) in [6.07, 6.45) is 5.40. The van der Waals surface area contributed by atoms with Crippen LogP contribution in [0.2, 0.25) is 0 Å². The first-order valence-electron chi connectivity index (χ1n) is 12.5. The van der Waals surface area contributed by atoms with E-state index in [4.69, 9.17) is 15.9 Å². The molecule has 4 N–H and O–H groups in total. The molecule has 1 saturated carbocycles. The highest BCUT2D eigenvalue weighted by Gasteiger charge is 2.46. The smallest absolute Gasteiger partial charge is 0.328 e. The minimum absolute atomic E-state index is 0.0157. The number of hydrogen-bond donors (Lipinski definition) is 3. The molecule has 0 spiro atoms. The SMILES string of the molecule is CN(CC(=O)N1C2CCC1CC([C@H](N)Cc1cc(F)c(F)cc1F)C2)S(=O)(=O)C1CC1.O=C(O)/C=C\C(=O)O. The number of carbonyl (C=O) groups excluding carboxylic acids is 1. The Morgan fingerprint density at radius 1 is 1.00 bits per heavy atom. The van der Waals surface area contributed by atoms with Gasteiger partial charge < -0.3 is 20.8 Å². The Morgan fingerprint density at radius 3 is 2.00 bits per heavy atom. The van der Waals surface area contributed by atoms with Gasteiger partial charge in [-0.25, -0.2) is 31.2 Å². The van der Waals surface area contributed by atoms with Gasteiger partial charge in [-0.2, -0.15) is 4.31 Å². The first-order chi connectivity index (χ1) is 18.2. The van der Waals surface area contributed by atoms with Crippen molar-refractivity contribution in [3.05, 3.63) is 47.3 Å². The lowest BCUT2D eigenvalue weighted by atomic mass is 9.82. The van der Waals surface area contributed by atoms with E-state index in [-0.39, 0.29) is 47.7 Å². The van der Waals surface area contributed by atoms with Crippen LogP contribution in [0.4, 0.5) is 13.2 Å². The summed E-state index contributed by atoms with van der Waals surface area (Å²) in [4.78, 5) is 33.8. The first-order valence-corrected chi connectivity index (χ1v) is 14.0. The molecule has 2 bridgehead atoms. The van der Waals surface area contributed by atoms with Crippen molar-refractivity contribution in [1.29, 1.82) is 0 Å². The van der Waals surface area contributed by atoms with E-state index < -0.39 is 45.5 Å². The van der Waals surface area contributed by atoms with Crippen LogP contribution < -0.4 is 5.73 Å². The molecule has 3 atom stereocenters. The fourth-order valence-corrected chi connectivity index (χ4v) is 6.77. The monoisotopic (exact) mass is 575 g/mol. The van der Waals surface area contributed by atoms with Crippen molar-refractivity contribution in [3.8, 4) is 0 Å². The maximum atomic E-state index is 14.0. The molecule has 2 saturated heterocycles. The Bertz CT molecular complexity index is 1210. The molecule has 0 aromatic heterocycles. The number of fused-ring (bicyclic) bond motifs is 2. The topological polar surface area (TPSA) is 158 Å². The predicted molar refractivity (Wildman–Crippen MR) is 133 cm³/mol. The highest BCUT2D eigenvalue weighted by molar-refractivity contribution is 7.90. The van der Waals surface area contributed by atoms with Crippen molar-refractivity contribution < 1.29 is 46.2 Å². The molecule has 1 amide bonds. The van der Waals surface area contributed by atoms with Crippen LogP contribution in [0, 0.1) is 23.4 Å². The standard InChI is InChI=1S/C21H28F3N3O3S.C4H4O4/c1-26(31(29,30)16-4-5-16)11-21(28)27-14-2-3-15(27)7-13(6-14)20(25)9-12-8-18(23)19(24)10-17(12)22;5-3(6)1-2-4(7)8/h8,10,13-16,20H,2-7,9,11,25H2,1H3;1-2H,(H,5,6)(H,7,8)/b;2-1-/t13?,14?,15?,20-;/m1./s1. The lowest BCUT2D eigenvalue weighted by molar-refractivity contribution is -0.136. The average molecular weight is 576 g/mol. The molecule has 2 heterocycles. The number of likely N-dealkylation sites (N-methyl/N-ethyl adjacent to an activating group) is 1. The number of sulfonamides is 1. The second kappa shape index (κ2) is 12.5. The number of hydrogen-bond acceptors (Lipinski definition) is 6. The van der Waals surface area contributed by atoms with Crippen LogP contribution >= 0.6 is 0 Å². The van der Waals surface area contributed by atoms with Crippen LogP contribution in [-0.2, 0) is 30.8 Å². The van der Waals surface area contributed by atoms with Gasteiger partial charge in [0.2, 0.25) is 15.9 Å². The van der Waals surface area contributed by atoms with Gasteiger partial charge in [0, 0.05) is 43.4 Å². The number of halogens is 3. The molecule has 216 valence electrons. The van der Waals surface area contributed by atoms with Crippen molar-refractivity contribution in [2.75, 3.05) is 13.6 Å². The Morgan fingerprint density at radius 2 is 1.51 bits per heavy atom. The van der Waals surface area contributed by atoms with Gasteiger partial charge in [-0.05, 0) is 62.5 Å². The third-order valence-corrected chi connectivity index (χ3v) is 9.63. The molecule has 1 aromatic carbocycles. The first kappa shape index (κ1) is 30.6. The van der Waals surface area contributed by atoms with Crippen LogP contribution in [0.25, 0.3) is 0 Å². The van der Waals surface area contributed by atoms with Crippen molar-refractivity contribution in [3.63, 3.8) is 0 Å². The van der Waals surface area contributed by atoms with Crippen molar-refractivity contribution in [2.45, 2.75) is 68.3 Å². The largest absolute Gasteiger partial charge is 0.478 e. The van der Waals surface area contributed by atoms with Gasteiger partial charge in [0.25, 0.3) is 0 Å². The molecule has 4 rings (SSSR count). The Kier molecular flexibility index (Phi) is 9.78. The number of nitrogens with zero attached hydrogens (tertiary/aromatic N) is 2. The average Bonchev–Trinajstić information content (AvgIpc) is 3.67. The van der Waals surface area contributed by atoms with E-state index in [1.54, 1.807) is 4.90 Å². The molecule has 2 unspecified atom stereocenters. The zero-order chi connectivity index (χ0) is 29.1. The van der Waals surface area contributed by atoms with Crippen molar-refractivity contribution in [2.24, 2.45) is 11.7 Å². The second-order valence-electron chi connectivity index (χ2n) is 10.2. The molecule has 2 aliphatic heterocycles. The third-order valence-electron chi connectivity index (χ3n) is 7.31. The number of amides is 1. The van der Waals surface area contributed by atoms with Crippen molar-refractivity contribution >= 4 is 27.9 Å². The number of piperidine rings is 1. The molecular weight excluding hydrogens is 543 g/mol. The summed E-state index contributed by atoms with van der Waals surface area (Å²) < 4.78 is 66.5. The van der Waals surface area contributed by atoms with E-state index in [0.717, 1.165) is 23.2 Å². The van der Waals surface area contributed by atoms with Gasteiger partial charge in [-0.3, -0.25) is 4.79 Å². The van der Waals surface area contributed by atoms with E-state index in [1.807, 2.05) is 0 Å². The molecule has 39 heavy (non-hydrogen) atoms. The summed E-state index contributed by atoms with van der Waals surface area (Å²) in [6, 6.07) is 0.878. The summed E-state index contributed by atoms with van der Waals surface area (Å²) in [5, 5.41) is 15.3. The number of carbonyl (C=O) groups is 3. The van der Waals surface area contributed by atoms with E-state index in [2.05, 4.69) is 0 Å². The van der Waals surface area contributed by atoms with E-state index in [1.165, 1.54) is 7.05 Å². The van der Waals surface area contributed by atoms with E-state index >= 15 is 0 Å². The number of aliphatic carboxylic acids is 2.